The van der Waals surface area contributed by atoms with Crippen molar-refractivity contribution in [2.75, 3.05) is 0 Å². The van der Waals surface area contributed by atoms with Crippen LogP contribution in [0.4, 0.5) is 5.69 Å². The lowest BCUT2D eigenvalue weighted by Gasteiger charge is -2.06. The normalized spacial score (nSPS) is 9.88. The lowest BCUT2D eigenvalue weighted by molar-refractivity contribution is -0.384. The van der Waals surface area contributed by atoms with E-state index in [9.17, 15) is 10.1 Å². The number of nitro groups is 1. The highest BCUT2D eigenvalue weighted by Crippen LogP contribution is 2.27. The second kappa shape index (κ2) is 4.39. The number of hydrogen-bond acceptors (Lipinski definition) is 3. The topological polar surface area (TPSA) is 71.9 Å². The molecule has 0 spiro atoms. The molecule has 0 saturated carbocycles. The van der Waals surface area contributed by atoms with E-state index in [1.807, 2.05) is 6.07 Å². The summed E-state index contributed by atoms with van der Waals surface area (Å²) in [6.45, 7) is 0. The lowest BCUT2D eigenvalue weighted by atomic mass is 10.2. The monoisotopic (exact) mass is 291 g/mol. The molecule has 5 nitrogen and oxygen atoms in total. The van der Waals surface area contributed by atoms with Crippen molar-refractivity contribution < 1.29 is 4.92 Å². The first-order valence-electron chi connectivity index (χ1n) is 4.65. The van der Waals surface area contributed by atoms with Crippen LogP contribution in [-0.2, 0) is 0 Å². The van der Waals surface area contributed by atoms with Gasteiger partial charge in [0.2, 0.25) is 0 Å². The molecule has 0 atom stereocenters. The van der Waals surface area contributed by atoms with Crippen LogP contribution >= 0.6 is 15.9 Å². The highest BCUT2D eigenvalue weighted by molar-refractivity contribution is 9.10. The summed E-state index contributed by atoms with van der Waals surface area (Å²) in [5.41, 5.74) is 0.679. The van der Waals surface area contributed by atoms with Crippen molar-refractivity contribution in [2.45, 2.75) is 0 Å². The zero-order chi connectivity index (χ0) is 12.4. The van der Waals surface area contributed by atoms with Gasteiger partial charge in [-0.3, -0.25) is 10.1 Å². The Labute approximate surface area is 105 Å². The quantitative estimate of drug-likeness (QED) is 0.631. The Morgan fingerprint density at radius 2 is 2.18 bits per heavy atom. The highest BCUT2D eigenvalue weighted by atomic mass is 79.9. The fourth-order valence-electron chi connectivity index (χ4n) is 1.53. The molecule has 0 N–H and O–H groups in total. The fraction of sp³-hybridized carbons (Fsp3) is 0. The Balaban J connectivity index is 2.70. The summed E-state index contributed by atoms with van der Waals surface area (Å²) in [6, 6.07) is 9.86. The van der Waals surface area contributed by atoms with E-state index in [-0.39, 0.29) is 5.69 Å². The summed E-state index contributed by atoms with van der Waals surface area (Å²) >= 11 is 3.26. The van der Waals surface area contributed by atoms with Gasteiger partial charge in [0.15, 0.2) is 0 Å². The number of halogens is 1. The molecule has 1 aromatic carbocycles. The number of nitriles is 1. The van der Waals surface area contributed by atoms with Gasteiger partial charge < -0.3 is 4.57 Å². The van der Waals surface area contributed by atoms with E-state index in [1.54, 1.807) is 30.5 Å². The maximum absolute atomic E-state index is 10.9. The summed E-state index contributed by atoms with van der Waals surface area (Å²) < 4.78 is 2.21. The van der Waals surface area contributed by atoms with Crippen LogP contribution in [0.2, 0.25) is 0 Å². The van der Waals surface area contributed by atoms with Crippen molar-refractivity contribution >= 4 is 21.6 Å². The van der Waals surface area contributed by atoms with E-state index >= 15 is 0 Å². The number of hydrogen-bond donors (Lipinski definition) is 0. The average Bonchev–Trinajstić information content (AvgIpc) is 2.76. The molecule has 0 radical (unpaired) electrons. The summed E-state index contributed by atoms with van der Waals surface area (Å²) in [5.74, 6) is 0. The van der Waals surface area contributed by atoms with Gasteiger partial charge in [0.05, 0.1) is 4.92 Å². The minimum Gasteiger partial charge on any atom is -0.302 e. The summed E-state index contributed by atoms with van der Waals surface area (Å²) in [5, 5.41) is 19.8. The molecule has 1 aromatic heterocycles. The van der Waals surface area contributed by atoms with Crippen LogP contribution in [0, 0.1) is 21.4 Å². The molecule has 84 valence electrons. The summed E-state index contributed by atoms with van der Waals surface area (Å²) in [6.07, 6.45) is 1.62. The number of rotatable bonds is 2. The second-order valence-electron chi connectivity index (χ2n) is 3.27. The zero-order valence-electron chi connectivity index (χ0n) is 8.50. The number of aromatic nitrogens is 1. The molecule has 0 fully saturated rings. The van der Waals surface area contributed by atoms with Gasteiger partial charge in [-0.15, -0.1) is 0 Å². The van der Waals surface area contributed by atoms with Crippen molar-refractivity contribution in [3.05, 3.63) is 56.8 Å². The SMILES string of the molecule is N#Cc1cccn1-c1cc(Br)ccc1[N+](=O)[O-]. The average molecular weight is 292 g/mol. The van der Waals surface area contributed by atoms with E-state index in [0.29, 0.717) is 11.4 Å². The lowest BCUT2D eigenvalue weighted by Crippen LogP contribution is -2.00. The minimum atomic E-state index is -0.469. The molecule has 0 saturated heterocycles. The third-order valence-corrected chi connectivity index (χ3v) is 2.75. The van der Waals surface area contributed by atoms with Crippen LogP contribution in [0.5, 0.6) is 0 Å². The molecule has 0 bridgehead atoms. The van der Waals surface area contributed by atoms with Crippen molar-refractivity contribution in [1.29, 1.82) is 5.26 Å². The van der Waals surface area contributed by atoms with Gasteiger partial charge in [0, 0.05) is 16.7 Å². The van der Waals surface area contributed by atoms with Gasteiger partial charge >= 0.3 is 0 Å². The second-order valence-corrected chi connectivity index (χ2v) is 4.18. The van der Waals surface area contributed by atoms with Gasteiger partial charge in [0.25, 0.3) is 5.69 Å². The Bertz CT molecular complexity index is 628. The highest BCUT2D eigenvalue weighted by Gasteiger charge is 2.16. The number of benzene rings is 1. The molecule has 2 aromatic rings. The smallest absolute Gasteiger partial charge is 0.293 e. The summed E-state index contributed by atoms with van der Waals surface area (Å²) in [7, 11) is 0. The maximum atomic E-state index is 10.9. The third kappa shape index (κ3) is 2.05. The zero-order valence-corrected chi connectivity index (χ0v) is 10.1. The predicted octanol–water partition coefficient (Wildman–Crippen LogP) is 3.02. The van der Waals surface area contributed by atoms with Crippen LogP contribution in [-0.4, -0.2) is 9.49 Å². The van der Waals surface area contributed by atoms with Crippen LogP contribution in [0.15, 0.2) is 41.0 Å². The van der Waals surface area contributed by atoms with Gasteiger partial charge in [-0.05, 0) is 24.3 Å². The van der Waals surface area contributed by atoms with E-state index < -0.39 is 4.92 Å². The van der Waals surface area contributed by atoms with E-state index in [0.717, 1.165) is 4.47 Å². The molecule has 0 aliphatic rings. The van der Waals surface area contributed by atoms with Crippen molar-refractivity contribution in [3.8, 4) is 11.8 Å². The largest absolute Gasteiger partial charge is 0.302 e. The molecule has 2 rings (SSSR count). The Hall–Kier alpha value is -2.13. The predicted molar refractivity (Wildman–Crippen MR) is 64.8 cm³/mol. The Kier molecular flexibility index (Phi) is 2.93. The molecule has 0 aliphatic carbocycles. The van der Waals surface area contributed by atoms with Crippen LogP contribution in [0.3, 0.4) is 0 Å². The molecule has 0 amide bonds. The Morgan fingerprint density at radius 1 is 1.41 bits per heavy atom. The van der Waals surface area contributed by atoms with Gasteiger partial charge in [0.1, 0.15) is 17.5 Å². The number of nitro benzene ring substituents is 1. The third-order valence-electron chi connectivity index (χ3n) is 2.26. The fourth-order valence-corrected chi connectivity index (χ4v) is 1.87. The molecular weight excluding hydrogens is 286 g/mol. The van der Waals surface area contributed by atoms with Crippen LogP contribution < -0.4 is 0 Å². The van der Waals surface area contributed by atoms with E-state index in [1.165, 1.54) is 10.6 Å². The van der Waals surface area contributed by atoms with Gasteiger partial charge in [-0.2, -0.15) is 5.26 Å². The molecule has 6 heteroatoms. The molecular formula is C11H6BrN3O2. The first-order chi connectivity index (χ1) is 8.13. The van der Waals surface area contributed by atoms with E-state index in [4.69, 9.17) is 5.26 Å². The van der Waals surface area contributed by atoms with Crippen LogP contribution in [0.25, 0.3) is 5.69 Å². The van der Waals surface area contributed by atoms with Crippen LogP contribution in [0.1, 0.15) is 5.69 Å². The van der Waals surface area contributed by atoms with Crippen molar-refractivity contribution in [2.24, 2.45) is 0 Å². The maximum Gasteiger partial charge on any atom is 0.293 e. The van der Waals surface area contributed by atoms with E-state index in [2.05, 4.69) is 15.9 Å². The molecule has 0 unspecified atom stereocenters. The first-order valence-corrected chi connectivity index (χ1v) is 5.44. The van der Waals surface area contributed by atoms with Crippen molar-refractivity contribution in [1.82, 2.24) is 4.57 Å². The number of nitrogens with zero attached hydrogens (tertiary/aromatic N) is 3. The Morgan fingerprint density at radius 3 is 2.82 bits per heavy atom. The minimum absolute atomic E-state index is 0.0408. The molecule has 0 aliphatic heterocycles. The van der Waals surface area contributed by atoms with Gasteiger partial charge in [-0.1, -0.05) is 15.9 Å². The molecule has 1 heterocycles. The van der Waals surface area contributed by atoms with Gasteiger partial charge in [-0.25, -0.2) is 0 Å². The standard InChI is InChI=1S/C11H6BrN3O2/c12-8-3-4-10(15(16)17)11(6-8)14-5-1-2-9(14)7-13/h1-6H. The first kappa shape index (κ1) is 11.4. The van der Waals surface area contributed by atoms with Crippen molar-refractivity contribution in [3.63, 3.8) is 0 Å². The molecule has 17 heavy (non-hydrogen) atoms. The summed E-state index contributed by atoms with van der Waals surface area (Å²) in [4.78, 5) is 10.5.